The Morgan fingerprint density at radius 1 is 1.30 bits per heavy atom. The van der Waals surface area contributed by atoms with Gasteiger partial charge in [-0.25, -0.2) is 9.78 Å². The lowest BCUT2D eigenvalue weighted by Crippen LogP contribution is -2.02. The summed E-state index contributed by atoms with van der Waals surface area (Å²) in [6.07, 6.45) is 1.47. The predicted molar refractivity (Wildman–Crippen MR) is 79.7 cm³/mol. The molecular formula is C13H9Br2NO4. The van der Waals surface area contributed by atoms with Crippen LogP contribution in [0.5, 0.6) is 17.4 Å². The summed E-state index contributed by atoms with van der Waals surface area (Å²) in [5.74, 6) is 0.0135. The van der Waals surface area contributed by atoms with Crippen molar-refractivity contribution in [3.63, 3.8) is 0 Å². The number of aromatic carboxylic acids is 1. The smallest absolute Gasteiger partial charge is 0.341 e. The van der Waals surface area contributed by atoms with Crippen molar-refractivity contribution < 1.29 is 19.4 Å². The maximum Gasteiger partial charge on any atom is 0.341 e. The monoisotopic (exact) mass is 401 g/mol. The van der Waals surface area contributed by atoms with Crippen molar-refractivity contribution in [3.8, 4) is 17.4 Å². The summed E-state index contributed by atoms with van der Waals surface area (Å²) in [7, 11) is 1.56. The number of halogens is 2. The van der Waals surface area contributed by atoms with Crippen molar-refractivity contribution in [2.45, 2.75) is 0 Å². The summed E-state index contributed by atoms with van der Waals surface area (Å²) in [4.78, 5) is 15.2. The molecule has 0 atom stereocenters. The van der Waals surface area contributed by atoms with E-state index in [1.165, 1.54) is 12.3 Å². The molecule has 7 heteroatoms. The van der Waals surface area contributed by atoms with Gasteiger partial charge in [0.05, 0.1) is 11.6 Å². The van der Waals surface area contributed by atoms with E-state index in [1.54, 1.807) is 25.3 Å². The van der Waals surface area contributed by atoms with Gasteiger partial charge in [0.2, 0.25) is 5.88 Å². The van der Waals surface area contributed by atoms with E-state index in [-0.39, 0.29) is 11.4 Å². The number of carboxylic acids is 1. The lowest BCUT2D eigenvalue weighted by Gasteiger charge is -2.10. The number of methoxy groups -OCH3 is 1. The molecule has 0 radical (unpaired) electrons. The molecule has 0 saturated carbocycles. The Morgan fingerprint density at radius 2 is 2.05 bits per heavy atom. The van der Waals surface area contributed by atoms with E-state index >= 15 is 0 Å². The van der Waals surface area contributed by atoms with Crippen LogP contribution in [0.2, 0.25) is 0 Å². The molecule has 0 bridgehead atoms. The van der Waals surface area contributed by atoms with Gasteiger partial charge in [-0.2, -0.15) is 0 Å². The second-order valence-corrected chi connectivity index (χ2v) is 5.48. The zero-order valence-corrected chi connectivity index (χ0v) is 13.4. The van der Waals surface area contributed by atoms with Crippen LogP contribution in [0.15, 0.2) is 39.4 Å². The van der Waals surface area contributed by atoms with Crippen molar-refractivity contribution in [1.29, 1.82) is 0 Å². The number of carboxylic acid groups (broad SMARTS) is 1. The Hall–Kier alpha value is -1.60. The maximum atomic E-state index is 11.2. The average Bonchev–Trinajstić information content (AvgIpc) is 2.42. The number of pyridine rings is 1. The van der Waals surface area contributed by atoms with Gasteiger partial charge in [0.25, 0.3) is 0 Å². The number of rotatable bonds is 4. The van der Waals surface area contributed by atoms with Gasteiger partial charge >= 0.3 is 5.97 Å². The highest BCUT2D eigenvalue weighted by atomic mass is 79.9. The number of benzene rings is 1. The molecule has 1 N–H and O–H groups in total. The number of carbonyl (C=O) groups is 1. The molecule has 0 amide bonds. The van der Waals surface area contributed by atoms with Gasteiger partial charge in [0.15, 0.2) is 0 Å². The SMILES string of the molecule is COc1ccc(Oc2ncc(Br)cc2C(=O)O)c(Br)c1. The Kier molecular flexibility index (Phi) is 4.61. The fourth-order valence-electron chi connectivity index (χ4n) is 1.46. The van der Waals surface area contributed by atoms with Gasteiger partial charge in [-0.3, -0.25) is 0 Å². The highest BCUT2D eigenvalue weighted by molar-refractivity contribution is 9.10. The van der Waals surface area contributed by atoms with E-state index < -0.39 is 5.97 Å². The summed E-state index contributed by atoms with van der Waals surface area (Å²) < 4.78 is 11.8. The van der Waals surface area contributed by atoms with Crippen LogP contribution in [0.3, 0.4) is 0 Å². The molecule has 0 aliphatic carbocycles. The fraction of sp³-hybridized carbons (Fsp3) is 0.0769. The molecule has 2 rings (SSSR count). The van der Waals surface area contributed by atoms with Crippen LogP contribution in [0.25, 0.3) is 0 Å². The van der Waals surface area contributed by atoms with E-state index in [0.29, 0.717) is 20.4 Å². The minimum atomic E-state index is -1.11. The van der Waals surface area contributed by atoms with Gasteiger partial charge in [-0.15, -0.1) is 0 Å². The predicted octanol–water partition coefficient (Wildman–Crippen LogP) is 4.11. The zero-order valence-electron chi connectivity index (χ0n) is 10.3. The molecule has 1 aromatic heterocycles. The van der Waals surface area contributed by atoms with E-state index in [0.717, 1.165) is 0 Å². The number of hydrogen-bond acceptors (Lipinski definition) is 4. The Morgan fingerprint density at radius 3 is 2.65 bits per heavy atom. The molecule has 0 spiro atoms. The molecule has 0 saturated heterocycles. The molecule has 0 unspecified atom stereocenters. The zero-order chi connectivity index (χ0) is 14.7. The minimum absolute atomic E-state index is 0.0200. The third kappa shape index (κ3) is 3.29. The van der Waals surface area contributed by atoms with E-state index in [2.05, 4.69) is 36.8 Å². The second kappa shape index (κ2) is 6.23. The Labute approximate surface area is 131 Å². The quantitative estimate of drug-likeness (QED) is 0.833. The second-order valence-electron chi connectivity index (χ2n) is 3.71. The first-order valence-electron chi connectivity index (χ1n) is 5.41. The van der Waals surface area contributed by atoms with Crippen LogP contribution >= 0.6 is 31.9 Å². The molecule has 0 aliphatic heterocycles. The standard InChI is InChI=1S/C13H9Br2NO4/c1-19-8-2-3-11(10(15)5-8)20-12-9(13(17)18)4-7(14)6-16-12/h2-6H,1H3,(H,17,18). The van der Waals surface area contributed by atoms with Crippen molar-refractivity contribution in [1.82, 2.24) is 4.98 Å². The number of ether oxygens (including phenoxy) is 2. The van der Waals surface area contributed by atoms with Crippen LogP contribution in [0.4, 0.5) is 0 Å². The third-order valence-corrected chi connectivity index (χ3v) is 3.45. The van der Waals surface area contributed by atoms with Crippen molar-refractivity contribution in [2.75, 3.05) is 7.11 Å². The van der Waals surface area contributed by atoms with Crippen molar-refractivity contribution >= 4 is 37.8 Å². The molecule has 1 aromatic carbocycles. The number of aromatic nitrogens is 1. The molecule has 20 heavy (non-hydrogen) atoms. The third-order valence-electron chi connectivity index (χ3n) is 2.39. The van der Waals surface area contributed by atoms with Crippen LogP contribution in [0.1, 0.15) is 10.4 Å². The summed E-state index contributed by atoms with van der Waals surface area (Å²) in [5, 5.41) is 9.15. The summed E-state index contributed by atoms with van der Waals surface area (Å²) in [6, 6.07) is 6.52. The van der Waals surface area contributed by atoms with Crippen molar-refractivity contribution in [2.24, 2.45) is 0 Å². The van der Waals surface area contributed by atoms with Crippen molar-refractivity contribution in [3.05, 3.63) is 45.0 Å². The molecule has 0 aliphatic rings. The molecule has 0 fully saturated rings. The lowest BCUT2D eigenvalue weighted by atomic mass is 10.2. The summed E-state index contributed by atoms with van der Waals surface area (Å²) >= 11 is 6.51. The first-order valence-corrected chi connectivity index (χ1v) is 7.00. The Bertz CT molecular complexity index is 661. The number of nitrogens with zero attached hydrogens (tertiary/aromatic N) is 1. The first kappa shape index (κ1) is 14.8. The van der Waals surface area contributed by atoms with Gasteiger partial charge in [0, 0.05) is 10.7 Å². The largest absolute Gasteiger partial charge is 0.497 e. The van der Waals surface area contributed by atoms with Gasteiger partial charge in [0.1, 0.15) is 17.1 Å². The summed E-state index contributed by atoms with van der Waals surface area (Å²) in [6.45, 7) is 0. The van der Waals surface area contributed by atoms with Crippen LogP contribution in [-0.2, 0) is 0 Å². The molecular weight excluding hydrogens is 394 g/mol. The van der Waals surface area contributed by atoms with E-state index in [4.69, 9.17) is 14.6 Å². The molecule has 2 aromatic rings. The van der Waals surface area contributed by atoms with Gasteiger partial charge in [-0.05, 0) is 56.1 Å². The highest BCUT2D eigenvalue weighted by Crippen LogP contribution is 2.33. The molecule has 104 valence electrons. The average molecular weight is 403 g/mol. The molecule has 5 nitrogen and oxygen atoms in total. The first-order chi connectivity index (χ1) is 9.51. The number of hydrogen-bond donors (Lipinski definition) is 1. The summed E-state index contributed by atoms with van der Waals surface area (Å²) in [5.41, 5.74) is -0.0258. The lowest BCUT2D eigenvalue weighted by molar-refractivity contribution is 0.0693. The van der Waals surface area contributed by atoms with Crippen LogP contribution < -0.4 is 9.47 Å². The highest BCUT2D eigenvalue weighted by Gasteiger charge is 2.15. The van der Waals surface area contributed by atoms with E-state index in [9.17, 15) is 4.79 Å². The molecule has 1 heterocycles. The Balaban J connectivity index is 2.37. The van der Waals surface area contributed by atoms with Gasteiger partial charge < -0.3 is 14.6 Å². The topological polar surface area (TPSA) is 68.7 Å². The fourth-order valence-corrected chi connectivity index (χ4v) is 2.23. The van der Waals surface area contributed by atoms with E-state index in [1.807, 2.05) is 0 Å². The minimum Gasteiger partial charge on any atom is -0.497 e. The maximum absolute atomic E-state index is 11.2. The van der Waals surface area contributed by atoms with Crippen LogP contribution in [-0.4, -0.2) is 23.2 Å². The normalized spacial score (nSPS) is 10.2. The van der Waals surface area contributed by atoms with Crippen LogP contribution in [0, 0.1) is 0 Å². The van der Waals surface area contributed by atoms with Gasteiger partial charge in [-0.1, -0.05) is 0 Å².